The monoisotopic (exact) mass is 662 g/mol. The number of nitrogens with zero attached hydrogens (tertiary/aromatic N) is 2. The zero-order valence-corrected chi connectivity index (χ0v) is 27.7. The molecule has 0 radical (unpaired) electrons. The van der Waals surface area contributed by atoms with Crippen molar-refractivity contribution in [2.24, 2.45) is 0 Å². The van der Waals surface area contributed by atoms with E-state index in [1.54, 1.807) is 20.8 Å². The molecular formula is C35H38N2O9S. The van der Waals surface area contributed by atoms with E-state index in [1.165, 1.54) is 13.1 Å². The number of carbonyl (C=O) groups is 1. The molecule has 12 heteroatoms. The van der Waals surface area contributed by atoms with Gasteiger partial charge >= 0.3 is 11.8 Å². The molecule has 0 amide bonds. The first-order chi connectivity index (χ1) is 22.2. The van der Waals surface area contributed by atoms with Gasteiger partial charge < -0.3 is 14.2 Å². The summed E-state index contributed by atoms with van der Waals surface area (Å²) in [5, 5.41) is 0. The minimum atomic E-state index is -3.98. The smallest absolute Gasteiger partial charge is 0.425 e. The van der Waals surface area contributed by atoms with E-state index in [0.717, 1.165) is 27.5 Å². The van der Waals surface area contributed by atoms with Gasteiger partial charge in [0, 0.05) is 18.2 Å². The maximum absolute atomic E-state index is 13.6. The molecule has 0 N–H and O–H groups in total. The summed E-state index contributed by atoms with van der Waals surface area (Å²) in [7, 11) is -3.98. The second-order valence-electron chi connectivity index (χ2n) is 12.4. The molecule has 3 atom stereocenters. The fraction of sp³-hybridized carbons (Fsp3) is 0.343. The summed E-state index contributed by atoms with van der Waals surface area (Å²) in [6.45, 7) is 6.13. The van der Waals surface area contributed by atoms with E-state index in [9.17, 15) is 22.8 Å². The van der Waals surface area contributed by atoms with Crippen LogP contribution in [0, 0.1) is 6.92 Å². The highest BCUT2D eigenvalue weighted by atomic mass is 32.2. The number of benzene rings is 3. The average molecular weight is 663 g/mol. The van der Waals surface area contributed by atoms with Crippen molar-refractivity contribution in [3.8, 4) is 0 Å². The van der Waals surface area contributed by atoms with E-state index < -0.39 is 57.1 Å². The Kier molecular flexibility index (Phi) is 9.69. The van der Waals surface area contributed by atoms with Crippen LogP contribution in [0.25, 0.3) is 0 Å². The maximum Gasteiger partial charge on any atom is 0.425 e. The lowest BCUT2D eigenvalue weighted by Gasteiger charge is -2.37. The lowest BCUT2D eigenvalue weighted by molar-refractivity contribution is -0.0912. The molecule has 47 heavy (non-hydrogen) atoms. The number of aryl methyl sites for hydroxylation is 1. The van der Waals surface area contributed by atoms with Gasteiger partial charge in [-0.1, -0.05) is 91.0 Å². The first kappa shape index (κ1) is 34.0. The number of ether oxygens (including phenoxy) is 3. The summed E-state index contributed by atoms with van der Waals surface area (Å²) < 4.78 is 50.2. The van der Waals surface area contributed by atoms with Crippen molar-refractivity contribution in [2.75, 3.05) is 12.9 Å². The van der Waals surface area contributed by atoms with Crippen molar-refractivity contribution in [3.05, 3.63) is 140 Å². The van der Waals surface area contributed by atoms with Crippen molar-refractivity contribution < 1.29 is 31.6 Å². The third kappa shape index (κ3) is 7.46. The highest BCUT2D eigenvalue weighted by molar-refractivity contribution is 7.86. The van der Waals surface area contributed by atoms with Crippen LogP contribution in [0.4, 0.5) is 4.79 Å². The van der Waals surface area contributed by atoms with Crippen LogP contribution in [-0.4, -0.2) is 54.3 Å². The molecule has 0 aliphatic carbocycles. The van der Waals surface area contributed by atoms with Gasteiger partial charge in [0.15, 0.2) is 0 Å². The molecule has 1 aliphatic heterocycles. The van der Waals surface area contributed by atoms with E-state index in [4.69, 9.17) is 18.4 Å². The third-order valence-electron chi connectivity index (χ3n) is 7.66. The second kappa shape index (κ2) is 13.4. The van der Waals surface area contributed by atoms with Crippen molar-refractivity contribution in [1.82, 2.24) is 9.13 Å². The molecule has 1 fully saturated rings. The zero-order chi connectivity index (χ0) is 34.0. The lowest BCUT2D eigenvalue weighted by Crippen LogP contribution is -2.47. The van der Waals surface area contributed by atoms with E-state index >= 15 is 0 Å². The summed E-state index contributed by atoms with van der Waals surface area (Å²) in [5.41, 5.74) is -1.39. The summed E-state index contributed by atoms with van der Waals surface area (Å²) >= 11 is 0. The largest absolute Gasteiger partial charge is 0.443 e. The van der Waals surface area contributed by atoms with Crippen LogP contribution in [-0.2, 0) is 34.1 Å². The normalized spacial score (nSPS) is 18.6. The van der Waals surface area contributed by atoms with Gasteiger partial charge in [-0.15, -0.1) is 0 Å². The molecule has 248 valence electrons. The quantitative estimate of drug-likeness (QED) is 0.184. The highest BCUT2D eigenvalue weighted by Gasteiger charge is 2.44. The molecular weight excluding hydrogens is 624 g/mol. The Bertz CT molecular complexity index is 1840. The molecule has 1 aliphatic rings. The van der Waals surface area contributed by atoms with Crippen molar-refractivity contribution in [3.63, 3.8) is 0 Å². The van der Waals surface area contributed by atoms with Gasteiger partial charge in [-0.05, 0) is 44.4 Å². The van der Waals surface area contributed by atoms with Gasteiger partial charge in [0.05, 0.1) is 12.9 Å². The van der Waals surface area contributed by atoms with E-state index in [2.05, 4.69) is 0 Å². The molecule has 11 nitrogen and oxygen atoms in total. The fourth-order valence-corrected chi connectivity index (χ4v) is 6.35. The summed E-state index contributed by atoms with van der Waals surface area (Å²) in [5.74, 6) is 0. The van der Waals surface area contributed by atoms with Gasteiger partial charge in [0.2, 0.25) is 0 Å². The molecule has 0 unspecified atom stereocenters. The van der Waals surface area contributed by atoms with Gasteiger partial charge in [-0.3, -0.25) is 13.5 Å². The SMILES string of the molecule is Cc1cn([C@H]2C[C@@H](OS(C)(=O)=O)[C@@H](COC(c3ccccc3)(c3ccccc3)c3ccccc3)O2)c(=O)n(C(=O)OC(C)(C)C)c1=O. The summed E-state index contributed by atoms with van der Waals surface area (Å²) in [6.07, 6.45) is -2.18. The van der Waals surface area contributed by atoms with Crippen LogP contribution < -0.4 is 11.2 Å². The fourth-order valence-electron chi connectivity index (χ4n) is 5.70. The van der Waals surface area contributed by atoms with E-state index in [0.29, 0.717) is 4.57 Å². The second-order valence-corrected chi connectivity index (χ2v) is 14.0. The molecule has 2 heterocycles. The topological polar surface area (TPSA) is 132 Å². The molecule has 1 saturated heterocycles. The molecule has 0 spiro atoms. The van der Waals surface area contributed by atoms with E-state index in [-0.39, 0.29) is 18.6 Å². The number of aromatic nitrogens is 2. The third-order valence-corrected chi connectivity index (χ3v) is 8.25. The molecule has 5 rings (SSSR count). The zero-order valence-electron chi connectivity index (χ0n) is 26.9. The molecule has 4 aromatic rings. The number of rotatable bonds is 9. The van der Waals surface area contributed by atoms with Crippen LogP contribution in [0.3, 0.4) is 0 Å². The highest BCUT2D eigenvalue weighted by Crippen LogP contribution is 2.42. The molecule has 0 bridgehead atoms. The minimum absolute atomic E-state index is 0.0793. The van der Waals surface area contributed by atoms with Crippen LogP contribution in [0.5, 0.6) is 0 Å². The number of hydrogen-bond donors (Lipinski definition) is 0. The summed E-state index contributed by atoms with van der Waals surface area (Å²) in [4.78, 5) is 39.4. The molecule has 0 saturated carbocycles. The first-order valence-electron chi connectivity index (χ1n) is 15.1. The standard InChI is InChI=1S/C35H38N2O9S/c1-24-22-36(32(39)37(31(24)38)33(40)45-34(2,3)4)30-21-28(46-47(5,41)42)29(44-30)23-43-35(25-15-9-6-10-16-25,26-17-11-7-12-18-26)27-19-13-8-14-20-27/h6-20,22,28-30H,21,23H2,1-5H3/t28-,29-,30-/m1/s1. The van der Waals surface area contributed by atoms with Gasteiger partial charge in [-0.2, -0.15) is 13.0 Å². The number of hydrogen-bond acceptors (Lipinski definition) is 9. The van der Waals surface area contributed by atoms with Crippen molar-refractivity contribution in [2.45, 2.75) is 63.8 Å². The van der Waals surface area contributed by atoms with Crippen molar-refractivity contribution >= 4 is 16.2 Å². The van der Waals surface area contributed by atoms with Crippen LogP contribution in [0.1, 0.15) is 55.7 Å². The minimum Gasteiger partial charge on any atom is -0.443 e. The van der Waals surface area contributed by atoms with Gasteiger partial charge in [-0.25, -0.2) is 9.59 Å². The Morgan fingerprint density at radius 3 is 1.81 bits per heavy atom. The van der Waals surface area contributed by atoms with Crippen molar-refractivity contribution in [1.29, 1.82) is 0 Å². The lowest BCUT2D eigenvalue weighted by atomic mass is 9.80. The average Bonchev–Trinajstić information content (AvgIpc) is 3.40. The van der Waals surface area contributed by atoms with Gasteiger partial charge in [0.25, 0.3) is 15.7 Å². The van der Waals surface area contributed by atoms with E-state index in [1.807, 2.05) is 91.0 Å². The van der Waals surface area contributed by atoms with Crippen LogP contribution >= 0.6 is 0 Å². The Morgan fingerprint density at radius 2 is 1.36 bits per heavy atom. The van der Waals surface area contributed by atoms with Crippen LogP contribution in [0.15, 0.2) is 107 Å². The van der Waals surface area contributed by atoms with Gasteiger partial charge in [0.1, 0.15) is 29.6 Å². The summed E-state index contributed by atoms with van der Waals surface area (Å²) in [6, 6.07) is 28.9. The Morgan fingerprint density at radius 1 is 0.872 bits per heavy atom. The maximum atomic E-state index is 13.6. The predicted molar refractivity (Wildman–Crippen MR) is 175 cm³/mol. The first-order valence-corrected chi connectivity index (χ1v) is 16.9. The number of carbonyl (C=O) groups excluding carboxylic acids is 1. The van der Waals surface area contributed by atoms with Crippen LogP contribution in [0.2, 0.25) is 0 Å². The predicted octanol–water partition coefficient (Wildman–Crippen LogP) is 4.74. The molecule has 3 aromatic carbocycles. The Hall–Kier alpha value is -4.36. The Balaban J connectivity index is 1.56. The Labute approximate surface area is 273 Å². The molecule has 1 aromatic heterocycles.